The number of benzene rings is 3. The number of hydrogen-bond donors (Lipinski definition) is 3. The molecule has 1 atom stereocenters. The fourth-order valence-electron chi connectivity index (χ4n) is 4.67. The Balaban J connectivity index is 1.37. The van der Waals surface area contributed by atoms with Crippen molar-refractivity contribution in [1.82, 2.24) is 16.1 Å². The summed E-state index contributed by atoms with van der Waals surface area (Å²) < 4.78 is 28.5. The summed E-state index contributed by atoms with van der Waals surface area (Å²) in [5, 5.41) is 9.36. The van der Waals surface area contributed by atoms with Crippen LogP contribution in [0.3, 0.4) is 0 Å². The van der Waals surface area contributed by atoms with E-state index in [0.29, 0.717) is 45.2 Å². The maximum absolute atomic E-state index is 12.6. The molecule has 3 amide bonds. The summed E-state index contributed by atoms with van der Waals surface area (Å²) in [4.78, 5) is 37.3. The lowest BCUT2D eigenvalue weighted by Gasteiger charge is -2.28. The van der Waals surface area contributed by atoms with Crippen molar-refractivity contribution in [1.29, 1.82) is 0 Å². The van der Waals surface area contributed by atoms with Gasteiger partial charge >= 0.3 is 12.0 Å². The normalized spacial score (nSPS) is 14.3. The van der Waals surface area contributed by atoms with Gasteiger partial charge in [-0.05, 0) is 77.7 Å². The second-order valence-electron chi connectivity index (χ2n) is 10.1. The Labute approximate surface area is 275 Å². The maximum atomic E-state index is 12.6. The topological polar surface area (TPSA) is 146 Å². The quantitative estimate of drug-likeness (QED) is 0.128. The first-order valence-electron chi connectivity index (χ1n) is 14.3. The first-order chi connectivity index (χ1) is 22.1. The van der Waals surface area contributed by atoms with Crippen molar-refractivity contribution in [3.63, 3.8) is 0 Å². The molecule has 242 valence electrons. The van der Waals surface area contributed by atoms with Crippen LogP contribution >= 0.6 is 15.9 Å². The molecule has 1 heterocycles. The molecular formula is C33H35BrN4O8. The summed E-state index contributed by atoms with van der Waals surface area (Å²) in [6.45, 7) is 5.54. The largest absolute Gasteiger partial charge is 0.493 e. The zero-order chi connectivity index (χ0) is 33.2. The number of rotatable bonds is 13. The van der Waals surface area contributed by atoms with Gasteiger partial charge in [-0.25, -0.2) is 15.0 Å². The Hall–Kier alpha value is -5.04. The number of nitrogens with zero attached hydrogens (tertiary/aromatic N) is 1. The van der Waals surface area contributed by atoms with E-state index in [9.17, 15) is 14.4 Å². The van der Waals surface area contributed by atoms with E-state index in [1.165, 1.54) is 13.3 Å². The second kappa shape index (κ2) is 15.8. The van der Waals surface area contributed by atoms with Crippen molar-refractivity contribution in [2.75, 3.05) is 27.4 Å². The molecule has 0 unspecified atom stereocenters. The molecule has 3 aromatic rings. The molecule has 46 heavy (non-hydrogen) atoms. The van der Waals surface area contributed by atoms with E-state index in [4.69, 9.17) is 23.7 Å². The van der Waals surface area contributed by atoms with Crippen molar-refractivity contribution in [2.24, 2.45) is 5.10 Å². The fraction of sp³-hybridized carbons (Fsp3) is 0.273. The molecule has 3 N–H and O–H groups in total. The van der Waals surface area contributed by atoms with Gasteiger partial charge < -0.3 is 34.3 Å². The lowest BCUT2D eigenvalue weighted by molar-refractivity contribution is -0.139. The zero-order valence-corrected chi connectivity index (χ0v) is 27.6. The molecule has 1 aliphatic heterocycles. The van der Waals surface area contributed by atoms with E-state index >= 15 is 0 Å². The first kappa shape index (κ1) is 33.8. The van der Waals surface area contributed by atoms with Gasteiger partial charge in [-0.15, -0.1) is 0 Å². The molecule has 0 bridgehead atoms. The molecule has 0 saturated heterocycles. The number of allylic oxidation sites excluding steroid dienone is 1. The number of nitrogens with one attached hydrogen (secondary N) is 3. The van der Waals surface area contributed by atoms with Crippen molar-refractivity contribution >= 4 is 40.1 Å². The predicted octanol–water partition coefficient (Wildman–Crippen LogP) is 5.07. The van der Waals surface area contributed by atoms with Gasteiger partial charge in [0.05, 0.1) is 43.1 Å². The van der Waals surface area contributed by atoms with Gasteiger partial charge in [-0.1, -0.05) is 35.9 Å². The van der Waals surface area contributed by atoms with E-state index in [1.54, 1.807) is 51.3 Å². The third kappa shape index (κ3) is 8.57. The van der Waals surface area contributed by atoms with Crippen LogP contribution in [0.2, 0.25) is 0 Å². The van der Waals surface area contributed by atoms with Crippen LogP contribution in [0.5, 0.6) is 23.0 Å². The highest BCUT2D eigenvalue weighted by molar-refractivity contribution is 9.10. The summed E-state index contributed by atoms with van der Waals surface area (Å²) in [6.07, 6.45) is 1.47. The number of esters is 1. The number of urea groups is 1. The van der Waals surface area contributed by atoms with Crippen LogP contribution in [-0.4, -0.2) is 51.6 Å². The van der Waals surface area contributed by atoms with Gasteiger partial charge in [0.2, 0.25) is 0 Å². The number of methoxy groups -OCH3 is 2. The Kier molecular flexibility index (Phi) is 11.6. The number of hydrazone groups is 1. The molecule has 0 aromatic heterocycles. The third-order valence-electron chi connectivity index (χ3n) is 6.76. The van der Waals surface area contributed by atoms with E-state index in [-0.39, 0.29) is 24.5 Å². The van der Waals surface area contributed by atoms with Crippen LogP contribution in [0.25, 0.3) is 0 Å². The van der Waals surface area contributed by atoms with Gasteiger partial charge in [-0.2, -0.15) is 5.10 Å². The maximum Gasteiger partial charge on any atom is 0.338 e. The highest BCUT2D eigenvalue weighted by Gasteiger charge is 2.32. The SMILES string of the molecule is CCOC(=O)C1=C(C)NC(=O)N[C@@H]1c1ccc(OCC(=O)N/N=C\c2cc(Br)c(OCc3cccc(C)c3)c(OC)c2)c(OC)c1. The van der Waals surface area contributed by atoms with Crippen LogP contribution in [0.1, 0.15) is 42.1 Å². The fourth-order valence-corrected chi connectivity index (χ4v) is 5.25. The van der Waals surface area contributed by atoms with Gasteiger partial charge in [0.1, 0.15) is 6.61 Å². The summed E-state index contributed by atoms with van der Waals surface area (Å²) in [7, 11) is 2.98. The highest BCUT2D eigenvalue weighted by Crippen LogP contribution is 2.37. The molecular weight excluding hydrogens is 660 g/mol. The number of aryl methyl sites for hydroxylation is 1. The zero-order valence-electron chi connectivity index (χ0n) is 26.1. The minimum absolute atomic E-state index is 0.181. The summed E-state index contributed by atoms with van der Waals surface area (Å²) in [5.41, 5.74) is 6.47. The molecule has 0 spiro atoms. The van der Waals surface area contributed by atoms with E-state index in [1.807, 2.05) is 25.1 Å². The number of halogens is 1. The molecule has 0 radical (unpaired) electrons. The molecule has 0 fully saturated rings. The number of hydrogen-bond acceptors (Lipinski definition) is 9. The summed E-state index contributed by atoms with van der Waals surface area (Å²) in [5.74, 6) is 0.549. The summed E-state index contributed by atoms with van der Waals surface area (Å²) >= 11 is 3.53. The third-order valence-corrected chi connectivity index (χ3v) is 7.35. The Bertz CT molecular complexity index is 1670. The van der Waals surface area contributed by atoms with Gasteiger partial charge in [0.25, 0.3) is 5.91 Å². The number of amides is 3. The average molecular weight is 696 g/mol. The lowest BCUT2D eigenvalue weighted by Crippen LogP contribution is -2.45. The molecule has 1 aliphatic rings. The number of carbonyl (C=O) groups excluding carboxylic acids is 3. The Morgan fingerprint density at radius 1 is 1.00 bits per heavy atom. The standard InChI is InChI=1S/C33H35BrN4O8/c1-6-44-32(40)29-20(3)36-33(41)37-30(29)23-10-11-25(26(15-23)42-4)45-18-28(39)38-35-16-22-13-24(34)31(27(14-22)43-5)46-17-21-9-7-8-19(2)12-21/h7-16,30H,6,17-18H2,1-5H3,(H,38,39)(H2,36,37,41)/b35-16-/t30-/m1/s1. The van der Waals surface area contributed by atoms with Crippen LogP contribution < -0.4 is 35.0 Å². The number of carbonyl (C=O) groups is 3. The van der Waals surface area contributed by atoms with Crippen LogP contribution in [-0.2, 0) is 20.9 Å². The molecule has 0 aliphatic carbocycles. The molecule has 4 rings (SSSR count). The molecule has 13 heteroatoms. The minimum atomic E-state index is -0.777. The van der Waals surface area contributed by atoms with Crippen LogP contribution in [0.4, 0.5) is 4.79 Å². The predicted molar refractivity (Wildman–Crippen MR) is 174 cm³/mol. The average Bonchev–Trinajstić information content (AvgIpc) is 3.02. The highest BCUT2D eigenvalue weighted by atomic mass is 79.9. The van der Waals surface area contributed by atoms with Crippen LogP contribution in [0, 0.1) is 6.92 Å². The Morgan fingerprint density at radius 2 is 1.78 bits per heavy atom. The van der Waals surface area contributed by atoms with Crippen molar-refractivity contribution in [3.05, 3.63) is 92.6 Å². The summed E-state index contributed by atoms with van der Waals surface area (Å²) in [6, 6.07) is 15.2. The van der Waals surface area contributed by atoms with Crippen molar-refractivity contribution in [3.8, 4) is 23.0 Å². The van der Waals surface area contributed by atoms with Gasteiger partial charge in [0, 0.05) is 5.70 Å². The smallest absolute Gasteiger partial charge is 0.338 e. The van der Waals surface area contributed by atoms with Crippen LogP contribution in [0.15, 0.2) is 75.4 Å². The molecule has 0 saturated carbocycles. The number of ether oxygens (including phenoxy) is 5. The Morgan fingerprint density at radius 3 is 2.50 bits per heavy atom. The molecule has 12 nitrogen and oxygen atoms in total. The van der Waals surface area contributed by atoms with Crippen molar-refractivity contribution < 1.29 is 38.1 Å². The second-order valence-corrected chi connectivity index (χ2v) is 10.9. The van der Waals surface area contributed by atoms with Crippen molar-refractivity contribution in [2.45, 2.75) is 33.4 Å². The van der Waals surface area contributed by atoms with E-state index in [2.05, 4.69) is 43.2 Å². The van der Waals surface area contributed by atoms with E-state index in [0.717, 1.165) is 11.1 Å². The lowest BCUT2D eigenvalue weighted by atomic mass is 9.95. The monoisotopic (exact) mass is 694 g/mol. The first-order valence-corrected chi connectivity index (χ1v) is 15.1. The van der Waals surface area contributed by atoms with Gasteiger partial charge in [0.15, 0.2) is 29.6 Å². The van der Waals surface area contributed by atoms with Gasteiger partial charge in [-0.3, -0.25) is 4.79 Å². The molecule has 3 aromatic carbocycles. The van der Waals surface area contributed by atoms with E-state index < -0.39 is 23.9 Å². The minimum Gasteiger partial charge on any atom is -0.493 e.